The molecule has 4 aromatic rings. The molecule has 2 N–H and O–H groups in total. The molecule has 0 atom stereocenters. The van der Waals surface area contributed by atoms with Crippen LogP contribution in [0.3, 0.4) is 0 Å². The second kappa shape index (κ2) is 11.2. The van der Waals surface area contributed by atoms with Crippen molar-refractivity contribution in [3.63, 3.8) is 0 Å². The van der Waals surface area contributed by atoms with Gasteiger partial charge in [-0.3, -0.25) is 28.0 Å². The van der Waals surface area contributed by atoms with Crippen LogP contribution in [0.15, 0.2) is 56.8 Å². The molecule has 0 bridgehead atoms. The summed E-state index contributed by atoms with van der Waals surface area (Å²) < 4.78 is 45.1. The number of nitrogens with zero attached hydrogens (tertiary/aromatic N) is 3. The third-order valence-electron chi connectivity index (χ3n) is 6.35. The second-order valence-electron chi connectivity index (χ2n) is 9.26. The molecule has 10 nitrogen and oxygen atoms in total. The van der Waals surface area contributed by atoms with E-state index in [1.165, 1.54) is 47.4 Å². The van der Waals surface area contributed by atoms with Gasteiger partial charge in [0.15, 0.2) is 0 Å². The van der Waals surface area contributed by atoms with Crippen molar-refractivity contribution in [1.29, 1.82) is 0 Å². The molecule has 1 aliphatic rings. The number of hydrogen-bond acceptors (Lipinski definition) is 6. The van der Waals surface area contributed by atoms with Gasteiger partial charge in [0.1, 0.15) is 17.0 Å². The SMILES string of the molecule is Cc1c(=O)n(C)c(Nc2ccc(I)cc2F)c2c(=O)n(C3CC3)c(=O)n(-c3cccc(NS(C)(=O)=O)c3)c12.[KH]. The van der Waals surface area contributed by atoms with Crippen molar-refractivity contribution < 1.29 is 12.8 Å². The second-order valence-corrected chi connectivity index (χ2v) is 12.3. The fourth-order valence-corrected chi connectivity index (χ4v) is 5.50. The molecule has 2 aromatic carbocycles. The monoisotopic (exact) mass is 691 g/mol. The van der Waals surface area contributed by atoms with Gasteiger partial charge in [0.05, 0.1) is 28.8 Å². The van der Waals surface area contributed by atoms with Crippen molar-refractivity contribution in [3.05, 3.63) is 88.6 Å². The van der Waals surface area contributed by atoms with Gasteiger partial charge in [0.25, 0.3) is 11.1 Å². The van der Waals surface area contributed by atoms with E-state index < -0.39 is 32.6 Å². The molecule has 14 heteroatoms. The normalized spacial score (nSPS) is 13.3. The first-order valence-electron chi connectivity index (χ1n) is 11.6. The molecule has 200 valence electrons. The van der Waals surface area contributed by atoms with Crippen LogP contribution in [0.25, 0.3) is 16.6 Å². The number of benzene rings is 2. The molecule has 2 aromatic heterocycles. The Hall–Kier alpha value is -1.82. The molecule has 0 radical (unpaired) electrons. The number of aromatic nitrogens is 3. The maximum absolute atomic E-state index is 14.8. The van der Waals surface area contributed by atoms with E-state index in [-0.39, 0.29) is 96.8 Å². The number of rotatable bonds is 6. The molecule has 0 unspecified atom stereocenters. The van der Waals surface area contributed by atoms with Crippen LogP contribution in [0.4, 0.5) is 21.6 Å². The Balaban J connectivity index is 0.00000353. The summed E-state index contributed by atoms with van der Waals surface area (Å²) in [6.45, 7) is 1.51. The van der Waals surface area contributed by atoms with E-state index in [1.807, 2.05) is 22.6 Å². The van der Waals surface area contributed by atoms with E-state index in [2.05, 4.69) is 10.0 Å². The van der Waals surface area contributed by atoms with E-state index in [1.54, 1.807) is 18.2 Å². The van der Waals surface area contributed by atoms with E-state index in [0.717, 1.165) is 10.8 Å². The average Bonchev–Trinajstić information content (AvgIpc) is 3.66. The first-order valence-corrected chi connectivity index (χ1v) is 14.6. The molecule has 5 rings (SSSR count). The van der Waals surface area contributed by atoms with Crippen LogP contribution in [0.1, 0.15) is 24.4 Å². The van der Waals surface area contributed by atoms with Crippen LogP contribution in [0.2, 0.25) is 0 Å². The molecule has 39 heavy (non-hydrogen) atoms. The molecule has 1 fully saturated rings. The van der Waals surface area contributed by atoms with Gasteiger partial charge in [0, 0.05) is 22.2 Å². The molecule has 1 aliphatic carbocycles. The Kier molecular flexibility index (Phi) is 8.67. The molecular formula is C25H24FIKN5O5S. The van der Waals surface area contributed by atoms with Crippen LogP contribution in [-0.2, 0) is 17.1 Å². The Morgan fingerprint density at radius 1 is 1.05 bits per heavy atom. The van der Waals surface area contributed by atoms with Crippen LogP contribution in [0, 0.1) is 16.3 Å². The van der Waals surface area contributed by atoms with Crippen LogP contribution in [-0.4, -0.2) is 79.8 Å². The summed E-state index contributed by atoms with van der Waals surface area (Å²) in [7, 11) is -2.14. The molecule has 1 saturated carbocycles. The number of fused-ring (bicyclic) bond motifs is 1. The maximum atomic E-state index is 14.8. The van der Waals surface area contributed by atoms with Gasteiger partial charge in [-0.2, -0.15) is 0 Å². The predicted octanol–water partition coefficient (Wildman–Crippen LogP) is 2.70. The predicted molar refractivity (Wildman–Crippen MR) is 160 cm³/mol. The van der Waals surface area contributed by atoms with Gasteiger partial charge < -0.3 is 5.32 Å². The number of nitrogens with one attached hydrogen (secondary N) is 2. The first kappa shape index (κ1) is 30.1. The third kappa shape index (κ3) is 5.82. The van der Waals surface area contributed by atoms with Crippen LogP contribution in [0.5, 0.6) is 0 Å². The Labute approximate surface area is 278 Å². The summed E-state index contributed by atoms with van der Waals surface area (Å²) in [4.78, 5) is 41.0. The van der Waals surface area contributed by atoms with Gasteiger partial charge >= 0.3 is 57.1 Å². The van der Waals surface area contributed by atoms with Gasteiger partial charge in [-0.05, 0) is 78.8 Å². The average molecular weight is 692 g/mol. The van der Waals surface area contributed by atoms with Gasteiger partial charge in [-0.25, -0.2) is 17.6 Å². The minimum atomic E-state index is -3.61. The third-order valence-corrected chi connectivity index (χ3v) is 7.62. The van der Waals surface area contributed by atoms with E-state index >= 15 is 0 Å². The molecule has 0 amide bonds. The quantitative estimate of drug-likeness (QED) is 0.237. The van der Waals surface area contributed by atoms with Gasteiger partial charge in [0.2, 0.25) is 10.0 Å². The Morgan fingerprint density at radius 3 is 2.36 bits per heavy atom. The zero-order valence-electron chi connectivity index (χ0n) is 20.6. The van der Waals surface area contributed by atoms with Crippen molar-refractivity contribution in [2.45, 2.75) is 25.8 Å². The summed E-state index contributed by atoms with van der Waals surface area (Å²) in [5.41, 5.74) is -1.03. The van der Waals surface area contributed by atoms with Gasteiger partial charge in [-0.1, -0.05) is 6.07 Å². The summed E-state index contributed by atoms with van der Waals surface area (Å²) in [6, 6.07) is 10.3. The summed E-state index contributed by atoms with van der Waals surface area (Å²) >= 11 is 1.98. The summed E-state index contributed by atoms with van der Waals surface area (Å²) in [6.07, 6.45) is 2.27. The van der Waals surface area contributed by atoms with E-state index in [0.29, 0.717) is 16.4 Å². The summed E-state index contributed by atoms with van der Waals surface area (Å²) in [5, 5.41) is 2.95. The fourth-order valence-electron chi connectivity index (χ4n) is 4.50. The Morgan fingerprint density at radius 2 is 1.74 bits per heavy atom. The first-order chi connectivity index (χ1) is 17.9. The number of hydrogen-bond donors (Lipinski definition) is 2. The Bertz CT molecular complexity index is 1930. The van der Waals surface area contributed by atoms with Crippen molar-refractivity contribution in [1.82, 2.24) is 13.7 Å². The van der Waals surface area contributed by atoms with Crippen molar-refractivity contribution in [2.24, 2.45) is 7.05 Å². The van der Waals surface area contributed by atoms with E-state index in [4.69, 9.17) is 0 Å². The topological polar surface area (TPSA) is 124 Å². The van der Waals surface area contributed by atoms with E-state index in [9.17, 15) is 27.2 Å². The number of aryl methyl sites for hydroxylation is 1. The molecule has 0 spiro atoms. The molecule has 0 aliphatic heterocycles. The standard InChI is InChI=1S/C25H23FIN5O5S.K.H/c1-13-21-20(22(30(2)23(13)33)28-19-10-7-14(27)11-18(19)26)24(34)32(16-8-9-16)25(35)31(21)17-6-4-5-15(12-17)29-38(3,36)37;;/h4-7,10-12,16,28-29H,8-9H2,1-3H3;;. The van der Waals surface area contributed by atoms with Crippen LogP contribution < -0.4 is 26.8 Å². The van der Waals surface area contributed by atoms with Crippen molar-refractivity contribution in [3.8, 4) is 5.69 Å². The molecule has 2 heterocycles. The molecule has 0 saturated heterocycles. The molecular weight excluding hydrogens is 667 g/mol. The summed E-state index contributed by atoms with van der Waals surface area (Å²) in [5.74, 6) is -0.539. The van der Waals surface area contributed by atoms with Crippen molar-refractivity contribution >= 4 is 112 Å². The van der Waals surface area contributed by atoms with Crippen LogP contribution >= 0.6 is 22.6 Å². The number of anilines is 3. The number of pyridine rings is 1. The van der Waals surface area contributed by atoms with Gasteiger partial charge in [-0.15, -0.1) is 0 Å². The van der Waals surface area contributed by atoms with Crippen molar-refractivity contribution in [2.75, 3.05) is 16.3 Å². The minimum absolute atomic E-state index is 0. The zero-order chi connectivity index (χ0) is 27.5. The number of sulfonamides is 1. The number of halogens is 2. The zero-order valence-corrected chi connectivity index (χ0v) is 23.6. The fraction of sp³-hybridized carbons (Fsp3) is 0.240.